The molecule has 1 N–H and O–H groups in total. The Labute approximate surface area is 109 Å². The van der Waals surface area contributed by atoms with E-state index in [-0.39, 0.29) is 4.90 Å². The molecule has 0 fully saturated rings. The molecule has 0 spiro atoms. The van der Waals surface area contributed by atoms with Gasteiger partial charge in [0.25, 0.3) is 0 Å². The number of halogens is 2. The summed E-state index contributed by atoms with van der Waals surface area (Å²) in [6.45, 7) is 0.422. The first kappa shape index (κ1) is 14.0. The van der Waals surface area contributed by atoms with Crippen molar-refractivity contribution in [1.82, 2.24) is 4.72 Å². The summed E-state index contributed by atoms with van der Waals surface area (Å²) >= 11 is 8.76. The molecule has 3 nitrogen and oxygen atoms in total. The molecule has 0 radical (unpaired) electrons. The summed E-state index contributed by atoms with van der Waals surface area (Å²) in [6, 6.07) is 6.53. The van der Waals surface area contributed by atoms with Crippen LogP contribution in [0.25, 0.3) is 0 Å². The van der Waals surface area contributed by atoms with Gasteiger partial charge in [0.1, 0.15) is 0 Å². The number of hydrogen-bond donors (Lipinski definition) is 1. The molecule has 1 rings (SSSR count). The van der Waals surface area contributed by atoms with Crippen LogP contribution < -0.4 is 4.72 Å². The number of unbranched alkanes of at least 4 members (excludes halogenated alkanes) is 1. The summed E-state index contributed by atoms with van der Waals surface area (Å²) < 4.78 is 26.9. The van der Waals surface area contributed by atoms with Crippen LogP contribution in [0.4, 0.5) is 0 Å². The van der Waals surface area contributed by atoms with E-state index in [2.05, 4.69) is 20.7 Å². The van der Waals surface area contributed by atoms with Crippen molar-refractivity contribution in [3.63, 3.8) is 0 Å². The Morgan fingerprint density at radius 1 is 1.19 bits per heavy atom. The van der Waals surface area contributed by atoms with Crippen LogP contribution in [-0.4, -0.2) is 20.8 Å². The van der Waals surface area contributed by atoms with Gasteiger partial charge < -0.3 is 0 Å². The fraction of sp³-hybridized carbons (Fsp3) is 0.400. The van der Waals surface area contributed by atoms with E-state index >= 15 is 0 Å². The van der Waals surface area contributed by atoms with E-state index < -0.39 is 10.0 Å². The number of rotatable bonds is 6. The van der Waals surface area contributed by atoms with Crippen LogP contribution in [0.5, 0.6) is 0 Å². The van der Waals surface area contributed by atoms with Gasteiger partial charge >= 0.3 is 0 Å². The van der Waals surface area contributed by atoms with Crippen molar-refractivity contribution in [1.29, 1.82) is 0 Å². The van der Waals surface area contributed by atoms with Gasteiger partial charge in [-0.05, 0) is 37.1 Å². The molecule has 90 valence electrons. The normalized spacial score (nSPS) is 11.6. The summed E-state index contributed by atoms with van der Waals surface area (Å²) in [5, 5.41) is 0. The average molecular weight is 327 g/mol. The number of nitrogens with one attached hydrogen (secondary N) is 1. The largest absolute Gasteiger partial charge is 0.240 e. The summed E-state index contributed by atoms with van der Waals surface area (Å²) in [7, 11) is -3.37. The van der Waals surface area contributed by atoms with E-state index in [1.165, 1.54) is 0 Å². The van der Waals surface area contributed by atoms with Gasteiger partial charge in [0.2, 0.25) is 10.0 Å². The molecule has 0 saturated heterocycles. The topological polar surface area (TPSA) is 46.2 Å². The lowest BCUT2D eigenvalue weighted by atomic mass is 10.3. The third-order valence-electron chi connectivity index (χ3n) is 1.98. The maximum absolute atomic E-state index is 11.7. The molecular weight excluding hydrogens is 314 g/mol. The first-order valence-corrected chi connectivity index (χ1v) is 7.68. The Hall–Kier alpha value is -0.100. The van der Waals surface area contributed by atoms with Crippen LogP contribution in [0.15, 0.2) is 33.6 Å². The highest BCUT2D eigenvalue weighted by Gasteiger charge is 2.12. The molecular formula is C10H13BrClNO2S. The molecule has 0 aliphatic heterocycles. The molecule has 16 heavy (non-hydrogen) atoms. The van der Waals surface area contributed by atoms with Gasteiger partial charge in [0.05, 0.1) is 4.90 Å². The van der Waals surface area contributed by atoms with Crippen molar-refractivity contribution in [3.8, 4) is 0 Å². The third kappa shape index (κ3) is 4.41. The molecule has 0 aliphatic rings. The Kier molecular flexibility index (Phi) is 5.75. The zero-order valence-electron chi connectivity index (χ0n) is 8.62. The van der Waals surface area contributed by atoms with Crippen molar-refractivity contribution in [3.05, 3.63) is 28.7 Å². The SMILES string of the molecule is O=S(=O)(NCCCCCl)c1ccc(Br)cc1. The first-order valence-electron chi connectivity index (χ1n) is 4.87. The maximum atomic E-state index is 11.7. The van der Waals surface area contributed by atoms with Gasteiger partial charge in [-0.15, -0.1) is 11.6 Å². The minimum absolute atomic E-state index is 0.279. The Bertz CT molecular complexity index is 419. The molecule has 6 heteroatoms. The second-order valence-electron chi connectivity index (χ2n) is 3.25. The van der Waals surface area contributed by atoms with Crippen molar-refractivity contribution >= 4 is 37.6 Å². The van der Waals surface area contributed by atoms with Crippen LogP contribution in [0.1, 0.15) is 12.8 Å². The van der Waals surface area contributed by atoms with E-state index in [1.807, 2.05) is 0 Å². The lowest BCUT2D eigenvalue weighted by Gasteiger charge is -2.06. The van der Waals surface area contributed by atoms with Crippen LogP contribution in [-0.2, 0) is 10.0 Å². The van der Waals surface area contributed by atoms with E-state index in [9.17, 15) is 8.42 Å². The van der Waals surface area contributed by atoms with Crippen LogP contribution in [0.2, 0.25) is 0 Å². The second kappa shape index (κ2) is 6.59. The fourth-order valence-corrected chi connectivity index (χ4v) is 2.65. The molecule has 1 aromatic carbocycles. The quantitative estimate of drug-likeness (QED) is 0.645. The monoisotopic (exact) mass is 325 g/mol. The number of benzene rings is 1. The Balaban J connectivity index is 2.60. The molecule has 0 atom stereocenters. The number of hydrogen-bond acceptors (Lipinski definition) is 2. The minimum Gasteiger partial charge on any atom is -0.211 e. The van der Waals surface area contributed by atoms with E-state index in [4.69, 9.17) is 11.6 Å². The third-order valence-corrected chi connectivity index (χ3v) is 4.25. The predicted octanol–water partition coefficient (Wildman–Crippen LogP) is 2.75. The molecule has 0 aromatic heterocycles. The standard InChI is InChI=1S/C10H13BrClNO2S/c11-9-3-5-10(6-4-9)16(14,15)13-8-2-1-7-12/h3-6,13H,1-2,7-8H2. The number of sulfonamides is 1. The lowest BCUT2D eigenvalue weighted by molar-refractivity contribution is 0.578. The molecule has 0 bridgehead atoms. The second-order valence-corrected chi connectivity index (χ2v) is 6.31. The van der Waals surface area contributed by atoms with Gasteiger partial charge in [0.15, 0.2) is 0 Å². The van der Waals surface area contributed by atoms with Gasteiger partial charge in [-0.1, -0.05) is 15.9 Å². The summed E-state index contributed by atoms with van der Waals surface area (Å²) in [6.07, 6.45) is 1.56. The smallest absolute Gasteiger partial charge is 0.211 e. The molecule has 1 aromatic rings. The first-order chi connectivity index (χ1) is 7.56. The molecule has 0 amide bonds. The fourth-order valence-electron chi connectivity index (χ4n) is 1.12. The zero-order valence-corrected chi connectivity index (χ0v) is 11.8. The lowest BCUT2D eigenvalue weighted by Crippen LogP contribution is -2.24. The Morgan fingerprint density at radius 2 is 1.81 bits per heavy atom. The van der Waals surface area contributed by atoms with E-state index in [0.29, 0.717) is 12.4 Å². The van der Waals surface area contributed by atoms with Crippen molar-refractivity contribution < 1.29 is 8.42 Å². The molecule has 0 saturated carbocycles. The summed E-state index contributed by atoms with van der Waals surface area (Å²) in [4.78, 5) is 0.279. The minimum atomic E-state index is -3.37. The maximum Gasteiger partial charge on any atom is 0.240 e. The highest BCUT2D eigenvalue weighted by atomic mass is 79.9. The van der Waals surface area contributed by atoms with E-state index in [0.717, 1.165) is 17.3 Å². The Morgan fingerprint density at radius 3 is 2.38 bits per heavy atom. The molecule has 0 aliphatic carbocycles. The molecule has 0 unspecified atom stereocenters. The highest BCUT2D eigenvalue weighted by molar-refractivity contribution is 9.10. The van der Waals surface area contributed by atoms with Crippen LogP contribution in [0, 0.1) is 0 Å². The van der Waals surface area contributed by atoms with Gasteiger partial charge in [-0.2, -0.15) is 0 Å². The average Bonchev–Trinajstić information content (AvgIpc) is 2.25. The van der Waals surface area contributed by atoms with Crippen LogP contribution >= 0.6 is 27.5 Å². The zero-order chi connectivity index (χ0) is 12.0. The predicted molar refractivity (Wildman–Crippen MR) is 69.3 cm³/mol. The van der Waals surface area contributed by atoms with E-state index in [1.54, 1.807) is 24.3 Å². The summed E-state index contributed by atoms with van der Waals surface area (Å²) in [5.74, 6) is 0.556. The van der Waals surface area contributed by atoms with Gasteiger partial charge in [0, 0.05) is 16.9 Å². The number of alkyl halides is 1. The van der Waals surface area contributed by atoms with Crippen molar-refractivity contribution in [2.45, 2.75) is 17.7 Å². The summed E-state index contributed by atoms with van der Waals surface area (Å²) in [5.41, 5.74) is 0. The van der Waals surface area contributed by atoms with Crippen LogP contribution in [0.3, 0.4) is 0 Å². The van der Waals surface area contributed by atoms with Gasteiger partial charge in [-0.25, -0.2) is 13.1 Å². The molecule has 0 heterocycles. The highest BCUT2D eigenvalue weighted by Crippen LogP contribution is 2.14. The van der Waals surface area contributed by atoms with Crippen molar-refractivity contribution in [2.24, 2.45) is 0 Å². The van der Waals surface area contributed by atoms with Gasteiger partial charge in [-0.3, -0.25) is 0 Å². The van der Waals surface area contributed by atoms with Crippen molar-refractivity contribution in [2.75, 3.05) is 12.4 Å².